The molecule has 0 unspecified atom stereocenters. The lowest BCUT2D eigenvalue weighted by molar-refractivity contribution is -0.120. The van der Waals surface area contributed by atoms with Gasteiger partial charge in [0.05, 0.1) is 24.6 Å². The number of aryl methyl sites for hydroxylation is 1. The van der Waals surface area contributed by atoms with E-state index in [9.17, 15) is 13.2 Å². The van der Waals surface area contributed by atoms with Crippen molar-refractivity contribution in [2.75, 3.05) is 30.3 Å². The molecular weight excluding hydrogens is 392 g/mol. The zero-order valence-electron chi connectivity index (χ0n) is 17.2. The summed E-state index contributed by atoms with van der Waals surface area (Å²) in [5.74, 6) is 0.832. The van der Waals surface area contributed by atoms with Crippen molar-refractivity contribution in [3.8, 4) is 11.5 Å². The highest BCUT2D eigenvalue weighted by molar-refractivity contribution is 7.92. The number of ether oxygens (including phenoxy) is 2. The summed E-state index contributed by atoms with van der Waals surface area (Å²) in [5, 5.41) is 2.77. The maximum absolute atomic E-state index is 12.4. The molecule has 8 heteroatoms. The van der Waals surface area contributed by atoms with Crippen LogP contribution in [0.1, 0.15) is 19.4 Å². The van der Waals surface area contributed by atoms with Gasteiger partial charge in [0.1, 0.15) is 24.7 Å². The lowest BCUT2D eigenvalue weighted by atomic mass is 10.2. The van der Waals surface area contributed by atoms with Gasteiger partial charge in [-0.2, -0.15) is 0 Å². The molecule has 0 saturated heterocycles. The second-order valence-corrected chi connectivity index (χ2v) is 8.70. The third-order valence-corrected chi connectivity index (χ3v) is 5.17. The molecule has 0 spiro atoms. The first-order chi connectivity index (χ1) is 13.7. The van der Waals surface area contributed by atoms with Crippen LogP contribution in [0.25, 0.3) is 0 Å². The highest BCUT2D eigenvalue weighted by Gasteiger charge is 2.22. The number of rotatable bonds is 10. The summed E-state index contributed by atoms with van der Waals surface area (Å²) in [6.45, 7) is 6.03. The maximum Gasteiger partial charge on any atom is 0.241 e. The Morgan fingerprint density at radius 2 is 1.79 bits per heavy atom. The van der Waals surface area contributed by atoms with E-state index in [4.69, 9.17) is 9.47 Å². The summed E-state index contributed by atoms with van der Waals surface area (Å²) in [6, 6.07) is 14.0. The lowest BCUT2D eigenvalue weighted by Crippen LogP contribution is -2.44. The molecule has 0 aliphatic heterocycles. The average molecular weight is 421 g/mol. The first kappa shape index (κ1) is 22.5. The van der Waals surface area contributed by atoms with Gasteiger partial charge in [-0.1, -0.05) is 23.8 Å². The molecule has 0 aromatic heterocycles. The van der Waals surface area contributed by atoms with E-state index < -0.39 is 15.9 Å². The number of carbonyl (C=O) groups is 1. The highest BCUT2D eigenvalue weighted by atomic mass is 32.2. The third-order valence-electron chi connectivity index (χ3n) is 4.03. The van der Waals surface area contributed by atoms with E-state index in [1.54, 1.807) is 31.2 Å². The van der Waals surface area contributed by atoms with Crippen molar-refractivity contribution in [1.82, 2.24) is 5.32 Å². The number of sulfonamides is 1. The van der Waals surface area contributed by atoms with E-state index in [1.165, 1.54) is 0 Å². The fourth-order valence-electron chi connectivity index (χ4n) is 2.64. The predicted octanol–water partition coefficient (Wildman–Crippen LogP) is 2.74. The van der Waals surface area contributed by atoms with Crippen LogP contribution in [-0.2, 0) is 14.8 Å². The largest absolute Gasteiger partial charge is 0.494 e. The highest BCUT2D eigenvalue weighted by Crippen LogP contribution is 2.23. The minimum atomic E-state index is -3.65. The Bertz CT molecular complexity index is 913. The van der Waals surface area contributed by atoms with Gasteiger partial charge in [-0.3, -0.25) is 9.10 Å². The summed E-state index contributed by atoms with van der Waals surface area (Å²) < 4.78 is 36.6. The normalized spacial score (nSPS) is 12.1. The van der Waals surface area contributed by atoms with E-state index in [0.29, 0.717) is 23.8 Å². The molecule has 2 aromatic carbocycles. The van der Waals surface area contributed by atoms with E-state index in [-0.39, 0.29) is 19.2 Å². The molecule has 2 rings (SSSR count). The molecule has 0 radical (unpaired) electrons. The molecule has 0 bridgehead atoms. The van der Waals surface area contributed by atoms with E-state index in [2.05, 4.69) is 5.32 Å². The first-order valence-electron chi connectivity index (χ1n) is 9.38. The van der Waals surface area contributed by atoms with Gasteiger partial charge in [0.25, 0.3) is 0 Å². The number of hydrogen-bond acceptors (Lipinski definition) is 5. The van der Waals surface area contributed by atoms with Crippen molar-refractivity contribution < 1.29 is 22.7 Å². The summed E-state index contributed by atoms with van der Waals surface area (Å²) in [5.41, 5.74) is 1.50. The van der Waals surface area contributed by atoms with Crippen LogP contribution < -0.4 is 19.1 Å². The van der Waals surface area contributed by atoms with Gasteiger partial charge in [0.15, 0.2) is 0 Å². The Labute approximate surface area is 172 Å². The average Bonchev–Trinajstić information content (AvgIpc) is 2.65. The second kappa shape index (κ2) is 10.2. The van der Waals surface area contributed by atoms with Gasteiger partial charge in [-0.15, -0.1) is 0 Å². The molecule has 1 amide bonds. The van der Waals surface area contributed by atoms with E-state index in [1.807, 2.05) is 38.1 Å². The number of nitrogens with zero attached hydrogens (tertiary/aromatic N) is 1. The van der Waals surface area contributed by atoms with Crippen LogP contribution in [0, 0.1) is 6.92 Å². The predicted molar refractivity (Wildman–Crippen MR) is 114 cm³/mol. The topological polar surface area (TPSA) is 84.9 Å². The van der Waals surface area contributed by atoms with Gasteiger partial charge >= 0.3 is 0 Å². The fraction of sp³-hybridized carbons (Fsp3) is 0.381. The van der Waals surface area contributed by atoms with Crippen LogP contribution in [0.5, 0.6) is 11.5 Å². The van der Waals surface area contributed by atoms with Gasteiger partial charge in [-0.25, -0.2) is 8.42 Å². The standard InChI is InChI=1S/C21H28N2O5S/c1-5-27-20-8-6-7-18(13-20)23(29(4,25)26)14-21(24)22-17(3)15-28-19-11-9-16(2)10-12-19/h6-13,17H,5,14-15H2,1-4H3,(H,22,24)/t17-/m1/s1. The minimum absolute atomic E-state index is 0.271. The SMILES string of the molecule is CCOc1cccc(N(CC(=O)N[C@H](C)COc2ccc(C)cc2)S(C)(=O)=O)c1. The third kappa shape index (κ3) is 7.30. The van der Waals surface area contributed by atoms with E-state index in [0.717, 1.165) is 16.1 Å². The van der Waals surface area contributed by atoms with Crippen LogP contribution in [0.4, 0.5) is 5.69 Å². The molecule has 0 aliphatic rings. The van der Waals surface area contributed by atoms with Crippen LogP contribution in [-0.4, -0.2) is 46.4 Å². The number of benzene rings is 2. The van der Waals surface area contributed by atoms with Crippen LogP contribution >= 0.6 is 0 Å². The Kier molecular flexibility index (Phi) is 7.90. The molecule has 0 heterocycles. The van der Waals surface area contributed by atoms with Crippen molar-refractivity contribution in [1.29, 1.82) is 0 Å². The molecule has 0 aliphatic carbocycles. The summed E-state index contributed by atoms with van der Waals surface area (Å²) in [6.07, 6.45) is 1.07. The molecule has 158 valence electrons. The quantitative estimate of drug-likeness (QED) is 0.639. The molecule has 7 nitrogen and oxygen atoms in total. The molecule has 29 heavy (non-hydrogen) atoms. The van der Waals surface area contributed by atoms with Gasteiger partial charge < -0.3 is 14.8 Å². The number of carbonyl (C=O) groups excluding carboxylic acids is 1. The Balaban J connectivity index is 1.99. The molecule has 0 fully saturated rings. The van der Waals surface area contributed by atoms with Gasteiger partial charge in [0, 0.05) is 6.07 Å². The molecule has 1 N–H and O–H groups in total. The number of nitrogens with one attached hydrogen (secondary N) is 1. The molecule has 2 aromatic rings. The Hall–Kier alpha value is -2.74. The van der Waals surface area contributed by atoms with Crippen molar-refractivity contribution in [2.45, 2.75) is 26.8 Å². The zero-order valence-corrected chi connectivity index (χ0v) is 18.0. The summed E-state index contributed by atoms with van der Waals surface area (Å²) >= 11 is 0. The van der Waals surface area contributed by atoms with Crippen molar-refractivity contribution in [3.63, 3.8) is 0 Å². The number of amides is 1. The Morgan fingerprint density at radius 3 is 2.41 bits per heavy atom. The van der Waals surface area contributed by atoms with Crippen LogP contribution in [0.3, 0.4) is 0 Å². The van der Waals surface area contributed by atoms with Gasteiger partial charge in [0.2, 0.25) is 15.9 Å². The van der Waals surface area contributed by atoms with Crippen LogP contribution in [0.15, 0.2) is 48.5 Å². The molecule has 1 atom stereocenters. The maximum atomic E-state index is 12.4. The van der Waals surface area contributed by atoms with Crippen molar-refractivity contribution >= 4 is 21.6 Å². The first-order valence-corrected chi connectivity index (χ1v) is 11.2. The summed E-state index contributed by atoms with van der Waals surface area (Å²) in [4.78, 5) is 12.4. The lowest BCUT2D eigenvalue weighted by Gasteiger charge is -2.23. The van der Waals surface area contributed by atoms with Gasteiger partial charge in [-0.05, 0) is 45.0 Å². The van der Waals surface area contributed by atoms with Crippen molar-refractivity contribution in [3.05, 3.63) is 54.1 Å². The molecule has 0 saturated carbocycles. The number of anilines is 1. The fourth-order valence-corrected chi connectivity index (χ4v) is 3.49. The van der Waals surface area contributed by atoms with E-state index >= 15 is 0 Å². The second-order valence-electron chi connectivity index (χ2n) is 6.79. The Morgan fingerprint density at radius 1 is 1.10 bits per heavy atom. The minimum Gasteiger partial charge on any atom is -0.494 e. The smallest absolute Gasteiger partial charge is 0.241 e. The number of hydrogen-bond donors (Lipinski definition) is 1. The van der Waals surface area contributed by atoms with Crippen molar-refractivity contribution in [2.24, 2.45) is 0 Å². The monoisotopic (exact) mass is 420 g/mol. The van der Waals surface area contributed by atoms with Crippen LogP contribution in [0.2, 0.25) is 0 Å². The summed E-state index contributed by atoms with van der Waals surface area (Å²) in [7, 11) is -3.65. The molecular formula is C21H28N2O5S. The zero-order chi connectivity index (χ0) is 21.4.